The molecule has 26 heavy (non-hydrogen) atoms. The standard InChI is InChI=1S/C18H19N3O4S/c1-10-6-15(7-11(2)18(10)19-12(3)22)26(24,25)21-14-4-5-16-13(8-14)9-17(23)20-16/h4-8,21H,9H2,1-3H3,(H,19,22)(H,20,23). The number of carbonyl (C=O) groups excluding carboxylic acids is 2. The highest BCUT2D eigenvalue weighted by Gasteiger charge is 2.21. The number of rotatable bonds is 4. The third-order valence-corrected chi connectivity index (χ3v) is 5.46. The van der Waals surface area contributed by atoms with Gasteiger partial charge in [0.15, 0.2) is 0 Å². The fraction of sp³-hybridized carbons (Fsp3) is 0.222. The first-order chi connectivity index (χ1) is 12.2. The summed E-state index contributed by atoms with van der Waals surface area (Å²) in [7, 11) is -3.80. The van der Waals surface area contributed by atoms with Crippen LogP contribution < -0.4 is 15.4 Å². The smallest absolute Gasteiger partial charge is 0.261 e. The fourth-order valence-corrected chi connectivity index (χ4v) is 4.18. The Balaban J connectivity index is 1.90. The maximum atomic E-state index is 12.7. The molecule has 136 valence electrons. The van der Waals surface area contributed by atoms with Crippen molar-refractivity contribution in [3.8, 4) is 0 Å². The molecule has 2 aromatic carbocycles. The highest BCUT2D eigenvalue weighted by Crippen LogP contribution is 2.29. The van der Waals surface area contributed by atoms with Crippen LogP contribution in [0.1, 0.15) is 23.6 Å². The van der Waals surface area contributed by atoms with Crippen molar-refractivity contribution in [2.24, 2.45) is 0 Å². The molecule has 0 saturated carbocycles. The average molecular weight is 373 g/mol. The second-order valence-electron chi connectivity index (χ2n) is 6.32. The van der Waals surface area contributed by atoms with Gasteiger partial charge in [-0.3, -0.25) is 14.3 Å². The number of amides is 2. The van der Waals surface area contributed by atoms with E-state index in [0.717, 1.165) is 5.56 Å². The van der Waals surface area contributed by atoms with Crippen LogP contribution in [0, 0.1) is 13.8 Å². The number of carbonyl (C=O) groups is 2. The van der Waals surface area contributed by atoms with Crippen LogP contribution in [0.25, 0.3) is 0 Å². The molecule has 0 aromatic heterocycles. The lowest BCUT2D eigenvalue weighted by Gasteiger charge is -2.14. The maximum absolute atomic E-state index is 12.7. The molecule has 3 N–H and O–H groups in total. The van der Waals surface area contributed by atoms with Gasteiger partial charge in [0.05, 0.1) is 11.3 Å². The van der Waals surface area contributed by atoms with E-state index in [2.05, 4.69) is 15.4 Å². The van der Waals surface area contributed by atoms with E-state index < -0.39 is 10.0 Å². The van der Waals surface area contributed by atoms with Gasteiger partial charge in [0.25, 0.3) is 10.0 Å². The summed E-state index contributed by atoms with van der Waals surface area (Å²) >= 11 is 0. The lowest BCUT2D eigenvalue weighted by Crippen LogP contribution is -2.15. The summed E-state index contributed by atoms with van der Waals surface area (Å²) in [6, 6.07) is 7.95. The van der Waals surface area contributed by atoms with Crippen molar-refractivity contribution in [1.82, 2.24) is 0 Å². The van der Waals surface area contributed by atoms with Crippen molar-refractivity contribution in [1.29, 1.82) is 0 Å². The molecule has 0 atom stereocenters. The molecule has 3 rings (SSSR count). The second kappa shape index (κ2) is 6.45. The molecule has 8 heteroatoms. The summed E-state index contributed by atoms with van der Waals surface area (Å²) in [4.78, 5) is 22.8. The Hall–Kier alpha value is -2.87. The van der Waals surface area contributed by atoms with Crippen molar-refractivity contribution < 1.29 is 18.0 Å². The summed E-state index contributed by atoms with van der Waals surface area (Å²) < 4.78 is 28.0. The van der Waals surface area contributed by atoms with Crippen LogP contribution in [0.5, 0.6) is 0 Å². The molecule has 0 unspecified atom stereocenters. The molecule has 1 heterocycles. The predicted molar refractivity (Wildman–Crippen MR) is 99.8 cm³/mol. The van der Waals surface area contributed by atoms with Crippen molar-refractivity contribution in [2.75, 3.05) is 15.4 Å². The van der Waals surface area contributed by atoms with E-state index in [1.165, 1.54) is 19.1 Å². The number of hydrogen-bond acceptors (Lipinski definition) is 4. The van der Waals surface area contributed by atoms with E-state index in [4.69, 9.17) is 0 Å². The summed E-state index contributed by atoms with van der Waals surface area (Å²) in [6.07, 6.45) is 0.231. The van der Waals surface area contributed by atoms with Gasteiger partial charge in [0.1, 0.15) is 0 Å². The number of anilines is 3. The van der Waals surface area contributed by atoms with Crippen molar-refractivity contribution in [3.63, 3.8) is 0 Å². The van der Waals surface area contributed by atoms with Gasteiger partial charge < -0.3 is 10.6 Å². The van der Waals surface area contributed by atoms with Crippen LogP contribution in [-0.2, 0) is 26.0 Å². The van der Waals surface area contributed by atoms with E-state index in [0.29, 0.717) is 28.2 Å². The largest absolute Gasteiger partial charge is 0.326 e. The molecule has 1 aliphatic rings. The van der Waals surface area contributed by atoms with Crippen molar-refractivity contribution in [3.05, 3.63) is 47.0 Å². The van der Waals surface area contributed by atoms with Crippen LogP contribution in [0.4, 0.5) is 17.1 Å². The zero-order valence-corrected chi connectivity index (χ0v) is 15.5. The molecular formula is C18H19N3O4S. The van der Waals surface area contributed by atoms with Crippen LogP contribution in [0.3, 0.4) is 0 Å². The molecule has 7 nitrogen and oxygen atoms in total. The minimum absolute atomic E-state index is 0.108. The average Bonchev–Trinajstić information content (AvgIpc) is 2.89. The highest BCUT2D eigenvalue weighted by molar-refractivity contribution is 7.92. The molecule has 2 aromatic rings. The molecule has 0 spiro atoms. The second-order valence-corrected chi connectivity index (χ2v) is 8.00. The van der Waals surface area contributed by atoms with Crippen molar-refractivity contribution in [2.45, 2.75) is 32.1 Å². The Labute approximate surface area is 151 Å². The van der Waals surface area contributed by atoms with Gasteiger partial charge in [-0.2, -0.15) is 0 Å². The molecule has 0 radical (unpaired) electrons. The first-order valence-corrected chi connectivity index (χ1v) is 9.48. The summed E-state index contributed by atoms with van der Waals surface area (Å²) in [5, 5.41) is 5.41. The van der Waals surface area contributed by atoms with E-state index in [-0.39, 0.29) is 23.1 Å². The zero-order chi connectivity index (χ0) is 19.1. The van der Waals surface area contributed by atoms with Crippen LogP contribution in [0.15, 0.2) is 35.2 Å². The molecule has 2 amide bonds. The monoisotopic (exact) mass is 373 g/mol. The minimum atomic E-state index is -3.80. The Morgan fingerprint density at radius 1 is 1.12 bits per heavy atom. The lowest BCUT2D eigenvalue weighted by molar-refractivity contribution is -0.115. The van der Waals surface area contributed by atoms with Crippen LogP contribution in [0.2, 0.25) is 0 Å². The first kappa shape index (κ1) is 17.9. The zero-order valence-electron chi connectivity index (χ0n) is 14.6. The van der Waals surface area contributed by atoms with Gasteiger partial charge >= 0.3 is 0 Å². The third-order valence-electron chi connectivity index (χ3n) is 4.10. The van der Waals surface area contributed by atoms with Gasteiger partial charge in [-0.25, -0.2) is 8.42 Å². The molecular weight excluding hydrogens is 354 g/mol. The van der Waals surface area contributed by atoms with E-state index >= 15 is 0 Å². The van der Waals surface area contributed by atoms with Crippen LogP contribution >= 0.6 is 0 Å². The van der Waals surface area contributed by atoms with Gasteiger partial charge in [-0.05, 0) is 60.9 Å². The predicted octanol–water partition coefficient (Wildman–Crippen LogP) is 2.56. The highest BCUT2D eigenvalue weighted by atomic mass is 32.2. The van der Waals surface area contributed by atoms with E-state index in [1.807, 2.05) is 0 Å². The number of sulfonamides is 1. The topological polar surface area (TPSA) is 104 Å². The Bertz CT molecular complexity index is 1010. The number of benzene rings is 2. The maximum Gasteiger partial charge on any atom is 0.261 e. The normalized spacial score (nSPS) is 13.1. The minimum Gasteiger partial charge on any atom is -0.326 e. The molecule has 0 bridgehead atoms. The molecule has 1 aliphatic heterocycles. The Morgan fingerprint density at radius 3 is 2.38 bits per heavy atom. The number of fused-ring (bicyclic) bond motifs is 1. The van der Waals surface area contributed by atoms with E-state index in [1.54, 1.807) is 32.0 Å². The number of nitrogens with one attached hydrogen (secondary N) is 3. The summed E-state index contributed by atoms with van der Waals surface area (Å²) in [5.41, 5.74) is 3.77. The quantitative estimate of drug-likeness (QED) is 0.766. The molecule has 0 aliphatic carbocycles. The van der Waals surface area contributed by atoms with Crippen molar-refractivity contribution >= 4 is 38.9 Å². The Kier molecular flexibility index (Phi) is 4.45. The van der Waals surface area contributed by atoms with Gasteiger partial charge in [0.2, 0.25) is 11.8 Å². The SMILES string of the molecule is CC(=O)Nc1c(C)cc(S(=O)(=O)Nc2ccc3c(c2)CC(=O)N3)cc1C. The third kappa shape index (κ3) is 3.55. The summed E-state index contributed by atoms with van der Waals surface area (Å²) in [5.74, 6) is -0.328. The van der Waals surface area contributed by atoms with Gasteiger partial charge in [0, 0.05) is 24.0 Å². The molecule has 0 fully saturated rings. The van der Waals surface area contributed by atoms with Gasteiger partial charge in [-0.15, -0.1) is 0 Å². The van der Waals surface area contributed by atoms with Gasteiger partial charge in [-0.1, -0.05) is 0 Å². The summed E-state index contributed by atoms with van der Waals surface area (Å²) in [6.45, 7) is 4.88. The first-order valence-electron chi connectivity index (χ1n) is 8.00. The fourth-order valence-electron chi connectivity index (χ4n) is 2.96. The van der Waals surface area contributed by atoms with Crippen LogP contribution in [-0.4, -0.2) is 20.2 Å². The number of aryl methyl sites for hydroxylation is 2. The Morgan fingerprint density at radius 2 is 1.77 bits per heavy atom. The number of hydrogen-bond donors (Lipinski definition) is 3. The molecule has 0 saturated heterocycles. The lowest BCUT2D eigenvalue weighted by atomic mass is 10.1. The van der Waals surface area contributed by atoms with E-state index in [9.17, 15) is 18.0 Å².